The van der Waals surface area contributed by atoms with E-state index in [2.05, 4.69) is 24.2 Å². The SMILES string of the molecule is CNCCC(=O)N1CCN(C)C(C)C1. The fraction of sp³-hybridized carbons (Fsp3) is 0.900. The van der Waals surface area contributed by atoms with Gasteiger partial charge in [0, 0.05) is 38.6 Å². The standard InChI is InChI=1S/C10H21N3O/c1-9-8-13(7-6-12(9)3)10(14)4-5-11-2/h9,11H,4-8H2,1-3H3. The molecule has 82 valence electrons. The number of carbonyl (C=O) groups is 1. The second kappa shape index (κ2) is 5.32. The first-order valence-corrected chi connectivity index (χ1v) is 5.27. The first-order chi connectivity index (χ1) is 6.65. The molecule has 14 heavy (non-hydrogen) atoms. The van der Waals surface area contributed by atoms with Crippen LogP contribution in [0.2, 0.25) is 0 Å². The van der Waals surface area contributed by atoms with E-state index >= 15 is 0 Å². The summed E-state index contributed by atoms with van der Waals surface area (Å²) in [5, 5.41) is 3.00. The fourth-order valence-electron chi connectivity index (χ4n) is 1.67. The van der Waals surface area contributed by atoms with E-state index in [0.717, 1.165) is 26.2 Å². The predicted octanol–water partition coefficient (Wildman–Crippen LogP) is -0.242. The van der Waals surface area contributed by atoms with Crippen LogP contribution in [0.25, 0.3) is 0 Å². The third-order valence-corrected chi connectivity index (χ3v) is 2.90. The summed E-state index contributed by atoms with van der Waals surface area (Å²) < 4.78 is 0. The van der Waals surface area contributed by atoms with Gasteiger partial charge in [-0.1, -0.05) is 0 Å². The zero-order chi connectivity index (χ0) is 10.6. The molecule has 1 aliphatic rings. The van der Waals surface area contributed by atoms with Crippen molar-refractivity contribution < 1.29 is 4.79 Å². The maximum Gasteiger partial charge on any atom is 0.223 e. The first kappa shape index (κ1) is 11.5. The van der Waals surface area contributed by atoms with Gasteiger partial charge in [-0.25, -0.2) is 0 Å². The predicted molar refractivity (Wildman–Crippen MR) is 57.2 cm³/mol. The van der Waals surface area contributed by atoms with Gasteiger partial charge in [0.1, 0.15) is 0 Å². The van der Waals surface area contributed by atoms with Crippen LogP contribution in [0.3, 0.4) is 0 Å². The molecule has 1 aliphatic heterocycles. The molecule has 1 amide bonds. The second-order valence-corrected chi connectivity index (χ2v) is 4.02. The Morgan fingerprint density at radius 2 is 2.21 bits per heavy atom. The number of piperazine rings is 1. The summed E-state index contributed by atoms with van der Waals surface area (Å²) in [7, 11) is 3.99. The average Bonchev–Trinajstić information content (AvgIpc) is 2.18. The molecular formula is C10H21N3O. The minimum atomic E-state index is 0.277. The molecule has 1 N–H and O–H groups in total. The number of hydrogen-bond acceptors (Lipinski definition) is 3. The van der Waals surface area contributed by atoms with Crippen molar-refractivity contribution in [3.63, 3.8) is 0 Å². The Hall–Kier alpha value is -0.610. The molecule has 4 heteroatoms. The molecule has 0 bridgehead atoms. The number of likely N-dealkylation sites (N-methyl/N-ethyl adjacent to an activating group) is 1. The molecule has 1 atom stereocenters. The molecule has 1 unspecified atom stereocenters. The largest absolute Gasteiger partial charge is 0.340 e. The Morgan fingerprint density at radius 1 is 1.50 bits per heavy atom. The molecule has 1 rings (SSSR count). The van der Waals surface area contributed by atoms with Crippen molar-refractivity contribution in [3.8, 4) is 0 Å². The van der Waals surface area contributed by atoms with Crippen LogP contribution in [0.4, 0.5) is 0 Å². The zero-order valence-electron chi connectivity index (χ0n) is 9.42. The lowest BCUT2D eigenvalue weighted by Gasteiger charge is -2.37. The molecule has 0 aliphatic carbocycles. The van der Waals surface area contributed by atoms with Crippen LogP contribution >= 0.6 is 0 Å². The van der Waals surface area contributed by atoms with E-state index in [9.17, 15) is 4.79 Å². The summed E-state index contributed by atoms with van der Waals surface area (Å²) in [5.41, 5.74) is 0. The van der Waals surface area contributed by atoms with Crippen LogP contribution in [0, 0.1) is 0 Å². The lowest BCUT2D eigenvalue weighted by Crippen LogP contribution is -2.52. The molecule has 1 saturated heterocycles. The van der Waals surface area contributed by atoms with Crippen molar-refractivity contribution in [1.29, 1.82) is 0 Å². The molecule has 1 fully saturated rings. The van der Waals surface area contributed by atoms with E-state index in [-0.39, 0.29) is 5.91 Å². The molecule has 4 nitrogen and oxygen atoms in total. The van der Waals surface area contributed by atoms with Crippen LogP contribution in [0.15, 0.2) is 0 Å². The van der Waals surface area contributed by atoms with Gasteiger partial charge in [-0.15, -0.1) is 0 Å². The summed E-state index contributed by atoms with van der Waals surface area (Å²) in [4.78, 5) is 15.9. The molecule has 0 aromatic carbocycles. The minimum Gasteiger partial charge on any atom is -0.340 e. The van der Waals surface area contributed by atoms with Crippen molar-refractivity contribution >= 4 is 5.91 Å². The van der Waals surface area contributed by atoms with Crippen LogP contribution < -0.4 is 5.32 Å². The van der Waals surface area contributed by atoms with Crippen LogP contribution in [-0.2, 0) is 4.79 Å². The quantitative estimate of drug-likeness (QED) is 0.681. The number of rotatable bonds is 3. The monoisotopic (exact) mass is 199 g/mol. The Balaban J connectivity index is 2.34. The smallest absolute Gasteiger partial charge is 0.223 e. The van der Waals surface area contributed by atoms with Crippen molar-refractivity contribution in [2.24, 2.45) is 0 Å². The molecule has 1 heterocycles. The van der Waals surface area contributed by atoms with E-state index in [1.165, 1.54) is 0 Å². The lowest BCUT2D eigenvalue weighted by molar-refractivity contribution is -0.133. The summed E-state index contributed by atoms with van der Waals surface area (Å²) in [6, 6.07) is 0.488. The van der Waals surface area contributed by atoms with E-state index in [4.69, 9.17) is 0 Å². The van der Waals surface area contributed by atoms with E-state index in [1.54, 1.807) is 0 Å². The van der Waals surface area contributed by atoms with Gasteiger partial charge in [-0.3, -0.25) is 4.79 Å². The molecule has 0 spiro atoms. The second-order valence-electron chi connectivity index (χ2n) is 4.02. The Bertz CT molecular complexity index is 196. The highest BCUT2D eigenvalue weighted by Crippen LogP contribution is 2.07. The fourth-order valence-corrected chi connectivity index (χ4v) is 1.67. The van der Waals surface area contributed by atoms with Crippen LogP contribution in [-0.4, -0.2) is 62.0 Å². The Morgan fingerprint density at radius 3 is 2.79 bits per heavy atom. The van der Waals surface area contributed by atoms with E-state index < -0.39 is 0 Å². The number of nitrogens with zero attached hydrogens (tertiary/aromatic N) is 2. The maximum absolute atomic E-state index is 11.7. The van der Waals surface area contributed by atoms with Gasteiger partial charge < -0.3 is 15.1 Å². The molecule has 0 saturated carbocycles. The Kier molecular flexibility index (Phi) is 4.35. The summed E-state index contributed by atoms with van der Waals surface area (Å²) in [6.45, 7) is 5.69. The molecular weight excluding hydrogens is 178 g/mol. The highest BCUT2D eigenvalue weighted by molar-refractivity contribution is 5.76. The van der Waals surface area contributed by atoms with Gasteiger partial charge in [-0.05, 0) is 21.0 Å². The third kappa shape index (κ3) is 2.96. The summed E-state index contributed by atoms with van der Waals surface area (Å²) >= 11 is 0. The maximum atomic E-state index is 11.7. The highest BCUT2D eigenvalue weighted by atomic mass is 16.2. The number of amides is 1. The van der Waals surface area contributed by atoms with Crippen molar-refractivity contribution in [2.75, 3.05) is 40.3 Å². The number of carbonyl (C=O) groups excluding carboxylic acids is 1. The van der Waals surface area contributed by atoms with E-state index in [0.29, 0.717) is 12.5 Å². The summed E-state index contributed by atoms with van der Waals surface area (Å²) in [5.74, 6) is 0.277. The zero-order valence-corrected chi connectivity index (χ0v) is 9.42. The van der Waals surface area contributed by atoms with Gasteiger partial charge in [0.15, 0.2) is 0 Å². The van der Waals surface area contributed by atoms with Crippen molar-refractivity contribution in [2.45, 2.75) is 19.4 Å². The highest BCUT2D eigenvalue weighted by Gasteiger charge is 2.23. The molecule has 0 aromatic heterocycles. The van der Waals surface area contributed by atoms with Gasteiger partial charge in [0.25, 0.3) is 0 Å². The van der Waals surface area contributed by atoms with Gasteiger partial charge >= 0.3 is 0 Å². The third-order valence-electron chi connectivity index (χ3n) is 2.90. The van der Waals surface area contributed by atoms with E-state index in [1.807, 2.05) is 11.9 Å². The number of hydrogen-bond donors (Lipinski definition) is 1. The molecule has 0 radical (unpaired) electrons. The lowest BCUT2D eigenvalue weighted by atomic mass is 10.2. The van der Waals surface area contributed by atoms with Gasteiger partial charge in [-0.2, -0.15) is 0 Å². The van der Waals surface area contributed by atoms with Crippen LogP contribution in [0.1, 0.15) is 13.3 Å². The van der Waals surface area contributed by atoms with Crippen molar-refractivity contribution in [3.05, 3.63) is 0 Å². The topological polar surface area (TPSA) is 35.6 Å². The minimum absolute atomic E-state index is 0.277. The van der Waals surface area contributed by atoms with Gasteiger partial charge in [0.05, 0.1) is 0 Å². The summed E-state index contributed by atoms with van der Waals surface area (Å²) in [6.07, 6.45) is 0.618. The normalized spacial score (nSPS) is 23.9. The van der Waals surface area contributed by atoms with Gasteiger partial charge in [0.2, 0.25) is 5.91 Å². The van der Waals surface area contributed by atoms with Crippen LogP contribution in [0.5, 0.6) is 0 Å². The van der Waals surface area contributed by atoms with Crippen molar-refractivity contribution in [1.82, 2.24) is 15.1 Å². The molecule has 0 aromatic rings. The average molecular weight is 199 g/mol. The Labute approximate surface area is 86.2 Å². The number of nitrogens with one attached hydrogen (secondary N) is 1. The first-order valence-electron chi connectivity index (χ1n) is 5.27.